The lowest BCUT2D eigenvalue weighted by Crippen LogP contribution is -2.52. The van der Waals surface area contributed by atoms with Crippen molar-refractivity contribution in [2.24, 2.45) is 5.73 Å². The number of amides is 1. The van der Waals surface area contributed by atoms with Gasteiger partial charge < -0.3 is 16.0 Å². The zero-order valence-electron chi connectivity index (χ0n) is 9.06. The predicted molar refractivity (Wildman–Crippen MR) is 63.2 cm³/mol. The number of carbonyl (C=O) groups excluding carboxylic acids is 1. The number of hydrogen-bond donors (Lipinski definition) is 2. The molecule has 2 rings (SSSR count). The second-order valence-corrected chi connectivity index (χ2v) is 4.82. The first-order valence-corrected chi connectivity index (χ1v) is 6.28. The van der Waals surface area contributed by atoms with Crippen molar-refractivity contribution in [3.8, 4) is 0 Å². The fourth-order valence-corrected chi connectivity index (χ4v) is 2.42. The first-order valence-electron chi connectivity index (χ1n) is 5.40. The van der Waals surface area contributed by atoms with Crippen molar-refractivity contribution in [2.45, 2.75) is 12.5 Å². The normalized spacial score (nSPS) is 18.4. The molecular formula is C10H16N4OS. The van der Waals surface area contributed by atoms with Crippen molar-refractivity contribution in [3.63, 3.8) is 0 Å². The van der Waals surface area contributed by atoms with Gasteiger partial charge in [-0.25, -0.2) is 0 Å². The van der Waals surface area contributed by atoms with Crippen LogP contribution in [0, 0.1) is 0 Å². The van der Waals surface area contributed by atoms with E-state index in [4.69, 9.17) is 5.73 Å². The van der Waals surface area contributed by atoms with Gasteiger partial charge in [0.2, 0.25) is 5.91 Å². The standard InChI is InChI=1S/C10H16N4OS/c11-9(5-8-6-13-7-16-8)10(15)14-3-1-12-2-4-14/h6-7,9,12H,1-5,11H2. The summed E-state index contributed by atoms with van der Waals surface area (Å²) in [5.74, 6) is 0.0508. The molecule has 3 N–H and O–H groups in total. The summed E-state index contributed by atoms with van der Waals surface area (Å²) in [5.41, 5.74) is 7.67. The molecule has 1 unspecified atom stereocenters. The second-order valence-electron chi connectivity index (χ2n) is 3.85. The Kier molecular flexibility index (Phi) is 3.87. The van der Waals surface area contributed by atoms with Crippen LogP contribution in [0.3, 0.4) is 0 Å². The van der Waals surface area contributed by atoms with Crippen molar-refractivity contribution < 1.29 is 4.79 Å². The van der Waals surface area contributed by atoms with Crippen LogP contribution in [0.4, 0.5) is 0 Å². The molecule has 0 aromatic carbocycles. The SMILES string of the molecule is NC(Cc1cncs1)C(=O)N1CCNCC1. The summed E-state index contributed by atoms with van der Waals surface area (Å²) in [6, 6.07) is -0.432. The van der Waals surface area contributed by atoms with Gasteiger partial charge in [-0.3, -0.25) is 9.78 Å². The van der Waals surface area contributed by atoms with E-state index in [1.807, 2.05) is 4.90 Å². The minimum Gasteiger partial charge on any atom is -0.339 e. The fraction of sp³-hybridized carbons (Fsp3) is 0.600. The molecule has 6 heteroatoms. The molecule has 0 radical (unpaired) electrons. The molecule has 1 atom stereocenters. The quantitative estimate of drug-likeness (QED) is 0.743. The Hall–Kier alpha value is -0.980. The largest absolute Gasteiger partial charge is 0.339 e. The first kappa shape index (κ1) is 11.5. The minimum atomic E-state index is -0.432. The molecule has 5 nitrogen and oxygen atoms in total. The number of carbonyl (C=O) groups is 1. The highest BCUT2D eigenvalue weighted by atomic mass is 32.1. The number of hydrogen-bond acceptors (Lipinski definition) is 5. The number of thiazole rings is 1. The molecule has 1 aromatic rings. The number of nitrogens with zero attached hydrogens (tertiary/aromatic N) is 2. The minimum absolute atomic E-state index is 0.0508. The molecule has 0 bridgehead atoms. The zero-order chi connectivity index (χ0) is 11.4. The summed E-state index contributed by atoms with van der Waals surface area (Å²) >= 11 is 1.54. The number of nitrogens with one attached hydrogen (secondary N) is 1. The van der Waals surface area contributed by atoms with Crippen LogP contribution in [0.5, 0.6) is 0 Å². The topological polar surface area (TPSA) is 71.2 Å². The van der Waals surface area contributed by atoms with E-state index in [9.17, 15) is 4.79 Å². The third-order valence-electron chi connectivity index (χ3n) is 2.65. The van der Waals surface area contributed by atoms with Gasteiger partial charge in [-0.15, -0.1) is 11.3 Å². The molecule has 16 heavy (non-hydrogen) atoms. The van der Waals surface area contributed by atoms with E-state index in [1.54, 1.807) is 23.0 Å². The summed E-state index contributed by atoms with van der Waals surface area (Å²) in [4.78, 5) is 18.9. The zero-order valence-corrected chi connectivity index (χ0v) is 9.87. The molecule has 1 aliphatic heterocycles. The molecule has 1 amide bonds. The van der Waals surface area contributed by atoms with Crippen LogP contribution in [0.15, 0.2) is 11.7 Å². The third kappa shape index (κ3) is 2.78. The van der Waals surface area contributed by atoms with Crippen LogP contribution in [-0.4, -0.2) is 48.0 Å². The molecule has 1 aliphatic rings. The van der Waals surface area contributed by atoms with Crippen LogP contribution in [0.25, 0.3) is 0 Å². The van der Waals surface area contributed by atoms with Gasteiger partial charge in [-0.2, -0.15) is 0 Å². The average Bonchev–Trinajstić information content (AvgIpc) is 2.82. The van der Waals surface area contributed by atoms with E-state index in [2.05, 4.69) is 10.3 Å². The van der Waals surface area contributed by atoms with E-state index < -0.39 is 6.04 Å². The first-order chi connectivity index (χ1) is 7.77. The molecule has 2 heterocycles. The summed E-state index contributed by atoms with van der Waals surface area (Å²) in [6.45, 7) is 3.24. The van der Waals surface area contributed by atoms with Gasteiger partial charge in [0.15, 0.2) is 0 Å². The smallest absolute Gasteiger partial charge is 0.239 e. The van der Waals surface area contributed by atoms with Crippen LogP contribution in [-0.2, 0) is 11.2 Å². The van der Waals surface area contributed by atoms with Crippen LogP contribution >= 0.6 is 11.3 Å². The molecular weight excluding hydrogens is 224 g/mol. The molecule has 1 saturated heterocycles. The van der Waals surface area contributed by atoms with Gasteiger partial charge in [0.1, 0.15) is 0 Å². The van der Waals surface area contributed by atoms with Crippen molar-refractivity contribution in [1.29, 1.82) is 0 Å². The molecule has 0 spiro atoms. The van der Waals surface area contributed by atoms with Crippen LogP contribution < -0.4 is 11.1 Å². The van der Waals surface area contributed by atoms with Crippen LogP contribution in [0.1, 0.15) is 4.88 Å². The third-order valence-corrected chi connectivity index (χ3v) is 3.45. The summed E-state index contributed by atoms with van der Waals surface area (Å²) in [5, 5.41) is 3.21. The highest BCUT2D eigenvalue weighted by Crippen LogP contribution is 2.09. The second kappa shape index (κ2) is 5.38. The van der Waals surface area contributed by atoms with Crippen molar-refractivity contribution in [3.05, 3.63) is 16.6 Å². The van der Waals surface area contributed by atoms with Crippen LogP contribution in [0.2, 0.25) is 0 Å². The summed E-state index contributed by atoms with van der Waals surface area (Å²) < 4.78 is 0. The molecule has 88 valence electrons. The summed E-state index contributed by atoms with van der Waals surface area (Å²) in [6.07, 6.45) is 2.36. The Morgan fingerprint density at radius 3 is 3.00 bits per heavy atom. The number of aromatic nitrogens is 1. The maximum Gasteiger partial charge on any atom is 0.239 e. The van der Waals surface area contributed by atoms with E-state index in [-0.39, 0.29) is 5.91 Å². The summed E-state index contributed by atoms with van der Waals surface area (Å²) in [7, 11) is 0. The lowest BCUT2D eigenvalue weighted by atomic mass is 10.1. The number of rotatable bonds is 3. The Morgan fingerprint density at radius 2 is 2.38 bits per heavy atom. The van der Waals surface area contributed by atoms with E-state index in [0.29, 0.717) is 6.42 Å². The number of piperazine rings is 1. The Balaban J connectivity index is 1.88. The van der Waals surface area contributed by atoms with E-state index in [1.165, 1.54) is 0 Å². The number of nitrogens with two attached hydrogens (primary N) is 1. The van der Waals surface area contributed by atoms with Crippen molar-refractivity contribution >= 4 is 17.2 Å². The van der Waals surface area contributed by atoms with E-state index in [0.717, 1.165) is 31.1 Å². The Bertz CT molecular complexity index is 335. The lowest BCUT2D eigenvalue weighted by molar-refractivity contribution is -0.133. The molecule has 1 aromatic heterocycles. The van der Waals surface area contributed by atoms with Gasteiger partial charge in [-0.05, 0) is 0 Å². The average molecular weight is 240 g/mol. The van der Waals surface area contributed by atoms with Gasteiger partial charge in [0.25, 0.3) is 0 Å². The maximum absolute atomic E-state index is 12.0. The highest BCUT2D eigenvalue weighted by molar-refractivity contribution is 7.09. The predicted octanol–water partition coefficient (Wildman–Crippen LogP) is -0.555. The monoisotopic (exact) mass is 240 g/mol. The Morgan fingerprint density at radius 1 is 1.62 bits per heavy atom. The van der Waals surface area contributed by atoms with Gasteiger partial charge in [0.05, 0.1) is 11.6 Å². The maximum atomic E-state index is 12.0. The highest BCUT2D eigenvalue weighted by Gasteiger charge is 2.22. The Labute approximate surface area is 98.7 Å². The van der Waals surface area contributed by atoms with Gasteiger partial charge >= 0.3 is 0 Å². The van der Waals surface area contributed by atoms with Crippen molar-refractivity contribution in [1.82, 2.24) is 15.2 Å². The molecule has 0 saturated carbocycles. The van der Waals surface area contributed by atoms with Crippen molar-refractivity contribution in [2.75, 3.05) is 26.2 Å². The lowest BCUT2D eigenvalue weighted by Gasteiger charge is -2.29. The fourth-order valence-electron chi connectivity index (χ4n) is 1.77. The molecule has 1 fully saturated rings. The molecule has 0 aliphatic carbocycles. The van der Waals surface area contributed by atoms with Gasteiger partial charge in [0, 0.05) is 43.7 Å². The van der Waals surface area contributed by atoms with E-state index >= 15 is 0 Å². The van der Waals surface area contributed by atoms with Gasteiger partial charge in [-0.1, -0.05) is 0 Å².